The van der Waals surface area contributed by atoms with E-state index in [1.54, 1.807) is 0 Å². The Kier molecular flexibility index (Phi) is 25.3. The van der Waals surface area contributed by atoms with Crippen LogP contribution in [0.1, 0.15) is 130 Å². The molecule has 0 aromatic heterocycles. The summed E-state index contributed by atoms with van der Waals surface area (Å²) in [4.78, 5) is 14.6. The fourth-order valence-electron chi connectivity index (χ4n) is 9.40. The van der Waals surface area contributed by atoms with Crippen molar-refractivity contribution in [2.75, 3.05) is 0 Å². The molecule has 1 aliphatic carbocycles. The number of phosphoric ester groups is 1. The second kappa shape index (κ2) is 33.0. The molecule has 1 aliphatic rings. The van der Waals surface area contributed by atoms with Gasteiger partial charge in [-0.25, -0.2) is 4.57 Å². The van der Waals surface area contributed by atoms with Gasteiger partial charge < -0.3 is 23.7 Å². The monoisotopic (exact) mass is 1040 g/mol. The average Bonchev–Trinajstić information content (AvgIpc) is 3.46. The normalized spacial score (nSPS) is 18.7. The zero-order valence-electron chi connectivity index (χ0n) is 44.0. The van der Waals surface area contributed by atoms with Crippen molar-refractivity contribution in [3.63, 3.8) is 0 Å². The van der Waals surface area contributed by atoms with Gasteiger partial charge in [-0.3, -0.25) is 18.4 Å². The fraction of sp³-hybridized carbons (Fsp3) is 0.422. The molecule has 0 amide bonds. The Balaban J connectivity index is 1.23. The quantitative estimate of drug-likeness (QED) is 0.0217. The second-order valence-corrected chi connectivity index (χ2v) is 21.1. The average molecular weight is 1040 g/mol. The van der Waals surface area contributed by atoms with E-state index in [2.05, 4.69) is 6.92 Å². The summed E-state index contributed by atoms with van der Waals surface area (Å²) in [6.45, 7) is 2.65. The van der Waals surface area contributed by atoms with Crippen LogP contribution in [0.2, 0.25) is 0 Å². The Labute approximate surface area is 447 Å². The van der Waals surface area contributed by atoms with Crippen LogP contribution in [0.25, 0.3) is 0 Å². The Morgan fingerprint density at radius 1 is 0.347 bits per heavy atom. The van der Waals surface area contributed by atoms with E-state index in [1.165, 1.54) is 57.8 Å². The van der Waals surface area contributed by atoms with E-state index < -0.39 is 50.4 Å². The summed E-state index contributed by atoms with van der Waals surface area (Å²) < 4.78 is 70.1. The van der Waals surface area contributed by atoms with Crippen molar-refractivity contribution >= 4 is 13.8 Å². The lowest BCUT2D eigenvalue weighted by molar-refractivity contribution is -0.275. The summed E-state index contributed by atoms with van der Waals surface area (Å²) in [5, 5.41) is 0. The predicted octanol–water partition coefficient (Wildman–Crippen LogP) is 15.7. The van der Waals surface area contributed by atoms with Gasteiger partial charge in [0.05, 0.1) is 39.6 Å². The molecule has 75 heavy (non-hydrogen) atoms. The highest BCUT2D eigenvalue weighted by atomic mass is 31.2. The zero-order valence-corrected chi connectivity index (χ0v) is 44.9. The van der Waals surface area contributed by atoms with Crippen LogP contribution in [0.4, 0.5) is 0 Å². The number of benzene rings is 6. The minimum atomic E-state index is -4.60. The second-order valence-electron chi connectivity index (χ2n) is 19.5. The SMILES string of the molecule is CCCCCCCCCCCCCCCC(=O)O[C@@H]1C(OCc2ccccc2)C(OCc2ccccc2)[C@H](OCc2ccccc2)C(OCc2ccccc2)C1OP(=O)(OCc1ccccc1)OCc1ccccc1. The van der Waals surface area contributed by atoms with E-state index in [0.717, 1.165) is 52.6 Å². The molecule has 1 fully saturated rings. The summed E-state index contributed by atoms with van der Waals surface area (Å²) >= 11 is 0. The van der Waals surface area contributed by atoms with Gasteiger partial charge in [-0.1, -0.05) is 266 Å². The first-order valence-corrected chi connectivity index (χ1v) is 28.9. The Hall–Kier alpha value is -5.26. The first-order valence-electron chi connectivity index (χ1n) is 27.4. The third-order valence-electron chi connectivity index (χ3n) is 13.6. The first kappa shape index (κ1) is 57.4. The van der Waals surface area contributed by atoms with E-state index in [4.69, 9.17) is 37.3 Å². The van der Waals surface area contributed by atoms with Crippen LogP contribution in [-0.2, 0) is 86.3 Å². The van der Waals surface area contributed by atoms with E-state index in [9.17, 15) is 4.79 Å². The topological polar surface area (TPSA) is 108 Å². The number of esters is 1. The molecule has 0 saturated heterocycles. The van der Waals surface area contributed by atoms with E-state index in [0.29, 0.717) is 6.42 Å². The molecule has 4 unspecified atom stereocenters. The van der Waals surface area contributed by atoms with Crippen molar-refractivity contribution in [2.24, 2.45) is 0 Å². The van der Waals surface area contributed by atoms with Crippen molar-refractivity contribution in [3.8, 4) is 0 Å². The number of hydrogen-bond donors (Lipinski definition) is 0. The van der Waals surface area contributed by atoms with Crippen molar-refractivity contribution in [1.82, 2.24) is 0 Å². The van der Waals surface area contributed by atoms with Crippen LogP contribution in [0.15, 0.2) is 182 Å². The van der Waals surface area contributed by atoms with E-state index >= 15 is 4.57 Å². The van der Waals surface area contributed by atoms with Crippen molar-refractivity contribution in [2.45, 2.75) is 173 Å². The Bertz CT molecular complexity index is 2420. The maximum atomic E-state index is 15.7. The number of rotatable bonds is 35. The predicted molar refractivity (Wildman–Crippen MR) is 295 cm³/mol. The maximum Gasteiger partial charge on any atom is 0.475 e. The molecular weight excluding hydrogens is 960 g/mol. The largest absolute Gasteiger partial charge is 0.475 e. The number of hydrogen-bond acceptors (Lipinski definition) is 10. The number of carbonyl (C=O) groups excluding carboxylic acids is 1. The molecule has 6 aromatic carbocycles. The van der Waals surface area contributed by atoms with Gasteiger partial charge in [-0.15, -0.1) is 0 Å². The van der Waals surface area contributed by atoms with Gasteiger partial charge in [-0.05, 0) is 39.8 Å². The summed E-state index contributed by atoms with van der Waals surface area (Å²) in [6.07, 6.45) is 8.94. The molecule has 0 spiro atoms. The van der Waals surface area contributed by atoms with Gasteiger partial charge in [0.15, 0.2) is 6.10 Å². The molecule has 0 bridgehead atoms. The smallest absolute Gasteiger partial charge is 0.457 e. The molecule has 6 aromatic rings. The molecule has 6 atom stereocenters. The van der Waals surface area contributed by atoms with Crippen molar-refractivity contribution in [1.29, 1.82) is 0 Å². The summed E-state index contributed by atoms with van der Waals surface area (Å²) in [5.41, 5.74) is 5.12. The van der Waals surface area contributed by atoms with Gasteiger partial charge in [0.2, 0.25) is 0 Å². The van der Waals surface area contributed by atoms with Crippen LogP contribution in [-0.4, -0.2) is 42.6 Å². The molecule has 0 heterocycles. The standard InChI is InChI=1S/C64H79O10P/c1-2-3-4-5-6-7-8-9-10-11-12-13-32-45-58(65)73-63-61(69-48-54-37-24-16-25-38-54)59(67-46-52-33-20-14-21-34-52)60(68-47-53-35-22-15-23-36-53)62(70-49-55-39-26-17-27-40-55)64(63)74-75(66,71-50-56-41-28-18-29-42-56)72-51-57-43-30-19-31-44-57/h14-31,33-44,59-64H,2-13,32,45-51H2,1H3/t59?,60-,61?,62?,63+,64?/m0/s1. The molecule has 1 saturated carbocycles. The molecule has 10 nitrogen and oxygen atoms in total. The van der Waals surface area contributed by atoms with Crippen LogP contribution in [0, 0.1) is 0 Å². The van der Waals surface area contributed by atoms with Crippen molar-refractivity contribution < 1.29 is 46.6 Å². The summed E-state index contributed by atoms with van der Waals surface area (Å²) in [5.74, 6) is -0.442. The third-order valence-corrected chi connectivity index (χ3v) is 14.9. The highest BCUT2D eigenvalue weighted by Crippen LogP contribution is 2.55. The number of unbranched alkanes of at least 4 members (excludes halogenated alkanes) is 12. The van der Waals surface area contributed by atoms with Gasteiger partial charge in [0.1, 0.15) is 30.5 Å². The number of ether oxygens (including phenoxy) is 5. The minimum absolute atomic E-state index is 0.0939. The Morgan fingerprint density at radius 3 is 0.933 bits per heavy atom. The minimum Gasteiger partial charge on any atom is -0.457 e. The molecule has 0 radical (unpaired) electrons. The summed E-state index contributed by atoms with van der Waals surface area (Å²) in [6, 6.07) is 58.2. The number of carbonyl (C=O) groups is 1. The van der Waals surface area contributed by atoms with Gasteiger partial charge in [0.25, 0.3) is 0 Å². The van der Waals surface area contributed by atoms with Crippen LogP contribution >= 0.6 is 7.82 Å². The lowest BCUT2D eigenvalue weighted by Gasteiger charge is -2.49. The molecular formula is C64H79O10P. The number of phosphoric acid groups is 1. The van der Waals surface area contributed by atoms with Crippen LogP contribution < -0.4 is 0 Å². The molecule has 7 rings (SSSR count). The van der Waals surface area contributed by atoms with Gasteiger partial charge in [-0.2, -0.15) is 0 Å². The zero-order chi connectivity index (χ0) is 52.0. The van der Waals surface area contributed by atoms with Gasteiger partial charge >= 0.3 is 13.8 Å². The molecule has 0 N–H and O–H groups in total. The highest BCUT2D eigenvalue weighted by Gasteiger charge is 2.58. The molecule has 400 valence electrons. The maximum absolute atomic E-state index is 15.7. The fourth-order valence-corrected chi connectivity index (χ4v) is 10.8. The lowest BCUT2D eigenvalue weighted by Crippen LogP contribution is -2.67. The van der Waals surface area contributed by atoms with Crippen LogP contribution in [0.5, 0.6) is 0 Å². The highest BCUT2D eigenvalue weighted by molar-refractivity contribution is 7.48. The Morgan fingerprint density at radius 2 is 0.613 bits per heavy atom. The van der Waals surface area contributed by atoms with E-state index in [1.807, 2.05) is 182 Å². The molecule has 0 aliphatic heterocycles. The third kappa shape index (κ3) is 20.3. The molecule has 11 heteroatoms. The first-order chi connectivity index (χ1) is 37.0. The van der Waals surface area contributed by atoms with E-state index in [-0.39, 0.29) is 46.1 Å². The van der Waals surface area contributed by atoms with Gasteiger partial charge in [0, 0.05) is 6.42 Å². The summed E-state index contributed by atoms with van der Waals surface area (Å²) in [7, 11) is -4.60. The van der Waals surface area contributed by atoms with Crippen molar-refractivity contribution in [3.05, 3.63) is 215 Å². The van der Waals surface area contributed by atoms with Crippen LogP contribution in [0.3, 0.4) is 0 Å². The lowest BCUT2D eigenvalue weighted by atomic mass is 9.83.